The second kappa shape index (κ2) is 6.42. The van der Waals surface area contributed by atoms with E-state index in [0.29, 0.717) is 16.2 Å². The minimum absolute atomic E-state index is 0.0938. The van der Waals surface area contributed by atoms with Gasteiger partial charge in [-0.3, -0.25) is 14.5 Å². The molecule has 3 rings (SSSR count). The number of nitrogens with one attached hydrogen (secondary N) is 1. The number of halogens is 1. The third kappa shape index (κ3) is 3.89. The number of carboxylic acids is 1. The normalized spacial score (nSPS) is 24.1. The quantitative estimate of drug-likeness (QED) is 0.767. The number of carboxylic acid groups (broad SMARTS) is 1. The molecule has 0 spiro atoms. The smallest absolute Gasteiger partial charge is 0.317 e. The van der Waals surface area contributed by atoms with Crippen LogP contribution in [0.25, 0.3) is 0 Å². The van der Waals surface area contributed by atoms with Gasteiger partial charge in [-0.1, -0.05) is 0 Å². The van der Waals surface area contributed by atoms with Crippen molar-refractivity contribution in [2.45, 2.75) is 37.8 Å². The second-order valence-electron chi connectivity index (χ2n) is 6.20. The minimum Gasteiger partial charge on any atom is -0.480 e. The SMILES string of the molecule is O=C(O)CN(CC1CC1)C1CC(NC(=O)c2coc(Br)c2)C1. The summed E-state index contributed by atoms with van der Waals surface area (Å²) < 4.78 is 5.58. The van der Waals surface area contributed by atoms with Crippen molar-refractivity contribution in [1.82, 2.24) is 10.2 Å². The van der Waals surface area contributed by atoms with E-state index in [1.807, 2.05) is 0 Å². The first-order valence-corrected chi connectivity index (χ1v) is 8.31. The fraction of sp³-hybridized carbons (Fsp3) is 0.600. The molecule has 2 aliphatic carbocycles. The highest BCUT2D eigenvalue weighted by atomic mass is 79.9. The maximum absolute atomic E-state index is 12.0. The molecular weight excluding hydrogens is 352 g/mol. The zero-order valence-electron chi connectivity index (χ0n) is 12.1. The number of rotatable bonds is 7. The first-order chi connectivity index (χ1) is 10.5. The Kier molecular flexibility index (Phi) is 4.54. The van der Waals surface area contributed by atoms with Gasteiger partial charge in [-0.25, -0.2) is 0 Å². The van der Waals surface area contributed by atoms with Crippen molar-refractivity contribution < 1.29 is 19.1 Å². The van der Waals surface area contributed by atoms with Gasteiger partial charge in [0.15, 0.2) is 4.67 Å². The number of furan rings is 1. The zero-order chi connectivity index (χ0) is 15.7. The highest BCUT2D eigenvalue weighted by Gasteiger charge is 2.37. The van der Waals surface area contributed by atoms with E-state index < -0.39 is 5.97 Å². The fourth-order valence-electron chi connectivity index (χ4n) is 2.85. The summed E-state index contributed by atoms with van der Waals surface area (Å²) in [7, 11) is 0. The van der Waals surface area contributed by atoms with Gasteiger partial charge in [-0.15, -0.1) is 0 Å². The Balaban J connectivity index is 1.47. The van der Waals surface area contributed by atoms with E-state index in [-0.39, 0.29) is 24.5 Å². The molecule has 0 atom stereocenters. The van der Waals surface area contributed by atoms with Gasteiger partial charge in [0.05, 0.1) is 12.1 Å². The maximum Gasteiger partial charge on any atom is 0.317 e. The number of aliphatic carboxylic acids is 1. The number of carbonyl (C=O) groups is 2. The van der Waals surface area contributed by atoms with Gasteiger partial charge in [0.25, 0.3) is 5.91 Å². The molecule has 0 aromatic carbocycles. The lowest BCUT2D eigenvalue weighted by atomic mass is 9.85. The molecule has 1 aromatic rings. The first-order valence-electron chi connectivity index (χ1n) is 7.52. The minimum atomic E-state index is -0.781. The summed E-state index contributed by atoms with van der Waals surface area (Å²) in [4.78, 5) is 25.0. The molecule has 0 radical (unpaired) electrons. The van der Waals surface area contributed by atoms with Crippen LogP contribution in [0.2, 0.25) is 0 Å². The Morgan fingerprint density at radius 2 is 2.14 bits per heavy atom. The van der Waals surface area contributed by atoms with Crippen molar-refractivity contribution >= 4 is 27.8 Å². The molecule has 0 unspecified atom stereocenters. The Bertz CT molecular complexity index is 564. The van der Waals surface area contributed by atoms with Gasteiger partial charge in [0, 0.05) is 24.7 Å². The van der Waals surface area contributed by atoms with E-state index in [4.69, 9.17) is 9.52 Å². The lowest BCUT2D eigenvalue weighted by Gasteiger charge is -2.42. The Morgan fingerprint density at radius 3 is 2.68 bits per heavy atom. The average Bonchev–Trinajstić information content (AvgIpc) is 3.10. The van der Waals surface area contributed by atoms with Gasteiger partial charge >= 0.3 is 5.97 Å². The molecule has 120 valence electrons. The average molecular weight is 371 g/mol. The van der Waals surface area contributed by atoms with E-state index in [9.17, 15) is 9.59 Å². The summed E-state index contributed by atoms with van der Waals surface area (Å²) in [5.41, 5.74) is 0.496. The van der Waals surface area contributed by atoms with Crippen LogP contribution in [0.1, 0.15) is 36.0 Å². The van der Waals surface area contributed by atoms with Crippen molar-refractivity contribution in [3.63, 3.8) is 0 Å². The van der Waals surface area contributed by atoms with Crippen LogP contribution in [0.4, 0.5) is 0 Å². The number of carbonyl (C=O) groups excluding carboxylic acids is 1. The van der Waals surface area contributed by atoms with Crippen molar-refractivity contribution in [3.8, 4) is 0 Å². The van der Waals surface area contributed by atoms with Crippen LogP contribution in [0.5, 0.6) is 0 Å². The van der Waals surface area contributed by atoms with Crippen LogP contribution in [-0.2, 0) is 4.79 Å². The topological polar surface area (TPSA) is 82.8 Å². The molecule has 0 bridgehead atoms. The largest absolute Gasteiger partial charge is 0.480 e. The van der Waals surface area contributed by atoms with E-state index in [1.54, 1.807) is 6.07 Å². The molecule has 0 saturated heterocycles. The van der Waals surface area contributed by atoms with E-state index in [0.717, 1.165) is 19.4 Å². The second-order valence-corrected chi connectivity index (χ2v) is 6.98. The predicted molar refractivity (Wildman–Crippen MR) is 82.6 cm³/mol. The Labute approximate surface area is 137 Å². The molecule has 2 saturated carbocycles. The molecule has 7 heteroatoms. The highest BCUT2D eigenvalue weighted by Crippen LogP contribution is 2.33. The molecule has 1 amide bonds. The molecule has 2 N–H and O–H groups in total. The molecule has 1 aromatic heterocycles. The molecule has 2 fully saturated rings. The van der Waals surface area contributed by atoms with Gasteiger partial charge < -0.3 is 14.8 Å². The van der Waals surface area contributed by atoms with Crippen LogP contribution < -0.4 is 5.32 Å². The first kappa shape index (κ1) is 15.6. The summed E-state index contributed by atoms with van der Waals surface area (Å²) in [6, 6.07) is 2.01. The van der Waals surface area contributed by atoms with Gasteiger partial charge in [0.2, 0.25) is 0 Å². The molecule has 0 aliphatic heterocycles. The molecule has 6 nitrogen and oxygen atoms in total. The van der Waals surface area contributed by atoms with Crippen molar-refractivity contribution in [1.29, 1.82) is 0 Å². The van der Waals surface area contributed by atoms with E-state index >= 15 is 0 Å². The molecule has 2 aliphatic rings. The third-order valence-electron chi connectivity index (χ3n) is 4.32. The number of nitrogens with zero attached hydrogens (tertiary/aromatic N) is 1. The summed E-state index contributed by atoms with van der Waals surface area (Å²) in [6.07, 6.45) is 5.45. The number of hydrogen-bond acceptors (Lipinski definition) is 4. The summed E-state index contributed by atoms with van der Waals surface area (Å²) >= 11 is 3.17. The van der Waals surface area contributed by atoms with Crippen molar-refractivity contribution in [2.75, 3.05) is 13.1 Å². The van der Waals surface area contributed by atoms with E-state index in [1.165, 1.54) is 19.1 Å². The zero-order valence-corrected chi connectivity index (χ0v) is 13.7. The Morgan fingerprint density at radius 1 is 1.41 bits per heavy atom. The number of amides is 1. The maximum atomic E-state index is 12.0. The van der Waals surface area contributed by atoms with Crippen LogP contribution in [-0.4, -0.2) is 47.1 Å². The monoisotopic (exact) mass is 370 g/mol. The van der Waals surface area contributed by atoms with Gasteiger partial charge in [-0.2, -0.15) is 0 Å². The van der Waals surface area contributed by atoms with Crippen molar-refractivity contribution in [3.05, 3.63) is 22.6 Å². The predicted octanol–water partition coefficient (Wildman–Crippen LogP) is 2.10. The summed E-state index contributed by atoms with van der Waals surface area (Å²) in [5, 5.41) is 12.0. The Hall–Kier alpha value is -1.34. The molecule has 22 heavy (non-hydrogen) atoms. The lowest BCUT2D eigenvalue weighted by Crippen LogP contribution is -2.55. The highest BCUT2D eigenvalue weighted by molar-refractivity contribution is 9.10. The van der Waals surface area contributed by atoms with Crippen LogP contribution in [0.15, 0.2) is 21.4 Å². The van der Waals surface area contributed by atoms with Crippen LogP contribution >= 0.6 is 15.9 Å². The summed E-state index contributed by atoms with van der Waals surface area (Å²) in [6.45, 7) is 0.961. The van der Waals surface area contributed by atoms with Crippen LogP contribution in [0.3, 0.4) is 0 Å². The van der Waals surface area contributed by atoms with Crippen LogP contribution in [0, 0.1) is 5.92 Å². The standard InChI is InChI=1S/C15H19BrN2O4/c16-13-3-10(8-22-13)15(21)17-11-4-12(5-11)18(7-14(19)20)6-9-1-2-9/h3,8-9,11-12H,1-2,4-7H2,(H,17,21)(H,19,20). The van der Waals surface area contributed by atoms with Gasteiger partial charge in [0.1, 0.15) is 6.26 Å². The summed E-state index contributed by atoms with van der Waals surface area (Å²) in [5.74, 6) is -0.266. The van der Waals surface area contributed by atoms with Crippen molar-refractivity contribution in [2.24, 2.45) is 5.92 Å². The lowest BCUT2D eigenvalue weighted by molar-refractivity contribution is -0.139. The molecular formula is C15H19BrN2O4. The number of hydrogen-bond donors (Lipinski definition) is 2. The van der Waals surface area contributed by atoms with Gasteiger partial charge in [-0.05, 0) is 47.5 Å². The fourth-order valence-corrected chi connectivity index (χ4v) is 3.19. The third-order valence-corrected chi connectivity index (χ3v) is 4.74. The van der Waals surface area contributed by atoms with E-state index in [2.05, 4.69) is 26.1 Å². The molecule has 1 heterocycles.